The number of quaternary nitrogens is 1. The predicted molar refractivity (Wildman–Crippen MR) is 126 cm³/mol. The van der Waals surface area contributed by atoms with E-state index in [0.717, 1.165) is 48.8 Å². The molecule has 0 unspecified atom stereocenters. The van der Waals surface area contributed by atoms with Gasteiger partial charge >= 0.3 is 0 Å². The third kappa shape index (κ3) is 2.84. The number of nitrogens with one attached hydrogen (secondary N) is 2. The molecule has 0 fully saturated rings. The van der Waals surface area contributed by atoms with Crippen molar-refractivity contribution in [3.05, 3.63) is 64.5 Å². The topological polar surface area (TPSA) is 59.2 Å². The van der Waals surface area contributed by atoms with Gasteiger partial charge in [-0.05, 0) is 35.9 Å². The van der Waals surface area contributed by atoms with Gasteiger partial charge in [-0.25, -0.2) is 0 Å². The van der Waals surface area contributed by atoms with Crippen molar-refractivity contribution in [2.24, 2.45) is 0 Å². The summed E-state index contributed by atoms with van der Waals surface area (Å²) >= 11 is 3.56. The second-order valence-corrected chi connectivity index (χ2v) is 9.87. The first-order valence-electron chi connectivity index (χ1n) is 10.2. The molecular formula is C24H22BrN4O2+. The molecule has 2 aromatic heterocycles. The van der Waals surface area contributed by atoms with E-state index < -0.39 is 0 Å². The Morgan fingerprint density at radius 2 is 1.97 bits per heavy atom. The van der Waals surface area contributed by atoms with E-state index in [-0.39, 0.29) is 12.3 Å². The number of pyridine rings is 1. The van der Waals surface area contributed by atoms with Gasteiger partial charge in [-0.1, -0.05) is 22.0 Å². The number of rotatable bonds is 2. The Labute approximate surface area is 188 Å². The molecule has 4 aromatic rings. The van der Waals surface area contributed by atoms with Gasteiger partial charge in [0, 0.05) is 50.6 Å². The minimum absolute atomic E-state index is 0.249. The molecule has 2 atom stereocenters. The Kier molecular flexibility index (Phi) is 3.91. The van der Waals surface area contributed by atoms with Crippen molar-refractivity contribution >= 4 is 49.5 Å². The zero-order chi connectivity index (χ0) is 21.3. The molecule has 7 heteroatoms. The monoisotopic (exact) mass is 477 g/mol. The molecule has 156 valence electrons. The first-order chi connectivity index (χ1) is 14.9. The van der Waals surface area contributed by atoms with E-state index in [9.17, 15) is 0 Å². The van der Waals surface area contributed by atoms with Crippen molar-refractivity contribution in [2.75, 3.05) is 26.5 Å². The van der Waals surface area contributed by atoms with Gasteiger partial charge in [0.2, 0.25) is 6.10 Å². The van der Waals surface area contributed by atoms with Gasteiger partial charge in [0.15, 0.2) is 11.5 Å². The Hall–Kier alpha value is -3.03. The summed E-state index contributed by atoms with van der Waals surface area (Å²) in [6.45, 7) is 0. The molecule has 0 aliphatic carbocycles. The Morgan fingerprint density at radius 3 is 2.81 bits per heavy atom. The number of hydrogen-bond acceptors (Lipinski definition) is 4. The average molecular weight is 478 g/mol. The molecule has 0 spiro atoms. The summed E-state index contributed by atoms with van der Waals surface area (Å²) in [4.78, 5) is 8.05. The van der Waals surface area contributed by atoms with Crippen LogP contribution in [0.3, 0.4) is 0 Å². The number of H-pyrrole nitrogens is 1. The zero-order valence-electron chi connectivity index (χ0n) is 17.4. The van der Waals surface area contributed by atoms with E-state index in [1.165, 1.54) is 0 Å². The minimum atomic E-state index is -0.277. The van der Waals surface area contributed by atoms with E-state index in [4.69, 9.17) is 9.47 Å². The van der Waals surface area contributed by atoms with Gasteiger partial charge in [0.25, 0.3) is 6.23 Å². The van der Waals surface area contributed by atoms with Crippen LogP contribution >= 0.6 is 15.9 Å². The van der Waals surface area contributed by atoms with Crippen LogP contribution in [-0.2, 0) is 0 Å². The summed E-state index contributed by atoms with van der Waals surface area (Å²) < 4.78 is 15.0. The highest BCUT2D eigenvalue weighted by Crippen LogP contribution is 2.48. The van der Waals surface area contributed by atoms with Gasteiger partial charge in [0.1, 0.15) is 5.52 Å². The van der Waals surface area contributed by atoms with Crippen molar-refractivity contribution < 1.29 is 14.0 Å². The number of likely N-dealkylation sites (N-methyl/N-ethyl adjacent to an activating group) is 1. The van der Waals surface area contributed by atoms with Crippen molar-refractivity contribution in [2.45, 2.75) is 12.3 Å². The molecule has 0 radical (unpaired) electrons. The van der Waals surface area contributed by atoms with Crippen LogP contribution in [0.2, 0.25) is 0 Å². The molecule has 0 saturated carbocycles. The van der Waals surface area contributed by atoms with Crippen LogP contribution in [-0.4, -0.2) is 41.8 Å². The number of halogens is 1. The number of benzene rings is 2. The highest BCUT2D eigenvalue weighted by molar-refractivity contribution is 9.10. The molecule has 0 amide bonds. The van der Waals surface area contributed by atoms with E-state index in [0.29, 0.717) is 10.2 Å². The number of anilines is 1. The lowest BCUT2D eigenvalue weighted by Gasteiger charge is -2.41. The minimum Gasteiger partial charge on any atom is -0.471 e. The maximum Gasteiger partial charge on any atom is 0.274 e. The molecule has 0 saturated heterocycles. The summed E-state index contributed by atoms with van der Waals surface area (Å²) in [5.74, 6) is 1.43. The van der Waals surface area contributed by atoms with Crippen LogP contribution in [0.25, 0.3) is 27.9 Å². The van der Waals surface area contributed by atoms with E-state index >= 15 is 0 Å². The third-order valence-electron chi connectivity index (χ3n) is 5.96. The lowest BCUT2D eigenvalue weighted by Crippen LogP contribution is -2.54. The van der Waals surface area contributed by atoms with Crippen LogP contribution in [0, 0.1) is 0 Å². The number of nitrogens with zero attached hydrogens (tertiary/aromatic N) is 2. The van der Waals surface area contributed by atoms with Gasteiger partial charge in [-0.3, -0.25) is 9.47 Å². The largest absolute Gasteiger partial charge is 0.471 e. The molecule has 6 nitrogen and oxygen atoms in total. The summed E-state index contributed by atoms with van der Waals surface area (Å²) in [5.41, 5.74) is 5.07. The first kappa shape index (κ1) is 18.7. The quantitative estimate of drug-likeness (QED) is 0.378. The smallest absolute Gasteiger partial charge is 0.274 e. The van der Waals surface area contributed by atoms with Crippen molar-refractivity contribution in [3.8, 4) is 11.5 Å². The predicted octanol–water partition coefficient (Wildman–Crippen LogP) is 5.42. The second-order valence-electron chi connectivity index (χ2n) is 8.95. The number of ether oxygens (including phenoxy) is 2. The van der Waals surface area contributed by atoms with E-state index in [1.54, 1.807) is 0 Å². The summed E-state index contributed by atoms with van der Waals surface area (Å²) in [5, 5.41) is 5.49. The SMILES string of the molecule is C[N+](C)(C)[C@H]1Oc2c(cc3c4c(ccnc24)NC=C3)O[C@@H]1c1c[nH]c2cc(Br)ccc12. The molecule has 0 bridgehead atoms. The fourth-order valence-electron chi connectivity index (χ4n) is 4.51. The van der Waals surface area contributed by atoms with Gasteiger partial charge in [0.05, 0.1) is 21.1 Å². The maximum atomic E-state index is 6.71. The van der Waals surface area contributed by atoms with Crippen LogP contribution in [0.1, 0.15) is 17.2 Å². The number of fused-ring (bicyclic) bond motifs is 3. The molecule has 2 aliphatic heterocycles. The Bertz CT molecular complexity index is 1390. The first-order valence-corrected chi connectivity index (χ1v) is 11.0. The van der Waals surface area contributed by atoms with Crippen LogP contribution in [0.5, 0.6) is 11.5 Å². The Balaban J connectivity index is 1.56. The van der Waals surface area contributed by atoms with E-state index in [2.05, 4.69) is 76.6 Å². The summed E-state index contributed by atoms with van der Waals surface area (Å²) in [6, 6.07) is 10.3. The zero-order valence-corrected chi connectivity index (χ0v) is 19.0. The Morgan fingerprint density at radius 1 is 1.10 bits per heavy atom. The lowest BCUT2D eigenvalue weighted by atomic mass is 10.0. The fraction of sp³-hybridized carbons (Fsp3) is 0.208. The molecule has 31 heavy (non-hydrogen) atoms. The van der Waals surface area contributed by atoms with Crippen LogP contribution < -0.4 is 14.8 Å². The van der Waals surface area contributed by atoms with E-state index in [1.807, 2.05) is 30.7 Å². The van der Waals surface area contributed by atoms with Crippen molar-refractivity contribution in [3.63, 3.8) is 0 Å². The number of aromatic nitrogens is 2. The van der Waals surface area contributed by atoms with Crippen molar-refractivity contribution in [1.82, 2.24) is 9.97 Å². The molecule has 2 N–H and O–H groups in total. The highest BCUT2D eigenvalue weighted by Gasteiger charge is 2.44. The standard InChI is InChI=1S/C24H22BrN4O2/c1-29(2,3)24-22(16-12-28-18-11-14(25)4-5-15(16)18)30-19-10-13-6-8-26-17-7-9-27-21(20(13)17)23(19)31-24/h4-12,22,24,26,28H,1-3H3/q+1/t22-,24+/m1/s1. The van der Waals surface area contributed by atoms with Gasteiger partial charge in [-0.15, -0.1) is 0 Å². The molecule has 2 aromatic carbocycles. The highest BCUT2D eigenvalue weighted by atomic mass is 79.9. The number of aromatic amines is 1. The molecule has 2 aliphatic rings. The van der Waals surface area contributed by atoms with Crippen molar-refractivity contribution in [1.29, 1.82) is 0 Å². The van der Waals surface area contributed by atoms with Crippen LogP contribution in [0.4, 0.5) is 5.69 Å². The normalized spacial score (nSPS) is 19.6. The third-order valence-corrected chi connectivity index (χ3v) is 6.46. The maximum absolute atomic E-state index is 6.71. The molecule has 6 rings (SSSR count). The van der Waals surface area contributed by atoms with Crippen LogP contribution in [0.15, 0.2) is 53.4 Å². The average Bonchev–Trinajstić information content (AvgIpc) is 3.15. The molecule has 4 heterocycles. The molecular weight excluding hydrogens is 456 g/mol. The fourth-order valence-corrected chi connectivity index (χ4v) is 4.87. The van der Waals surface area contributed by atoms with Gasteiger partial charge in [-0.2, -0.15) is 0 Å². The van der Waals surface area contributed by atoms with Gasteiger partial charge < -0.3 is 19.8 Å². The summed E-state index contributed by atoms with van der Waals surface area (Å²) in [7, 11) is 6.38. The summed E-state index contributed by atoms with van der Waals surface area (Å²) in [6.07, 6.45) is 7.30. The second kappa shape index (κ2) is 6.48. The lowest BCUT2D eigenvalue weighted by molar-refractivity contribution is -0.920. The number of hydrogen-bond donors (Lipinski definition) is 2.